The predicted molar refractivity (Wildman–Crippen MR) is 96.5 cm³/mol. The van der Waals surface area contributed by atoms with Gasteiger partial charge in [-0.05, 0) is 6.07 Å². The molecule has 0 aliphatic heterocycles. The Labute approximate surface area is 179 Å². The van der Waals surface area contributed by atoms with Crippen molar-refractivity contribution in [2.45, 2.75) is 26.7 Å². The molecular weight excluding hydrogens is 444 g/mol. The second-order valence-electron chi connectivity index (χ2n) is 4.47. The molecule has 23 heavy (non-hydrogen) atoms. The van der Waals surface area contributed by atoms with Crippen LogP contribution in [-0.2, 0) is 65.0 Å². The van der Waals surface area contributed by atoms with Gasteiger partial charge in [0.15, 0.2) is 0 Å². The molecule has 0 atom stereocenters. The molecule has 0 N–H and O–H groups in total. The molecule has 3 aromatic rings. The quantitative estimate of drug-likeness (QED) is 0.280. The summed E-state index contributed by atoms with van der Waals surface area (Å²) in [5.41, 5.74) is 4.54. The van der Waals surface area contributed by atoms with Crippen LogP contribution in [0, 0.1) is 21.3 Å². The van der Waals surface area contributed by atoms with Gasteiger partial charge in [-0.3, -0.25) is 0 Å². The van der Waals surface area contributed by atoms with E-state index in [4.69, 9.17) is 4.98 Å². The van der Waals surface area contributed by atoms with Crippen molar-refractivity contribution < 1.29 is 52.2 Å². The van der Waals surface area contributed by atoms with Gasteiger partial charge < -0.3 is 21.3 Å². The van der Waals surface area contributed by atoms with Crippen LogP contribution in [0.15, 0.2) is 42.5 Å². The third-order valence-corrected chi connectivity index (χ3v) is 3.37. The van der Waals surface area contributed by atoms with Crippen molar-refractivity contribution in [2.75, 3.05) is 0 Å². The molecule has 3 heteroatoms. The van der Waals surface area contributed by atoms with Crippen LogP contribution < -0.4 is 0 Å². The third-order valence-electron chi connectivity index (χ3n) is 3.37. The second kappa shape index (κ2) is 12.2. The maximum atomic E-state index is 4.84. The smallest absolute Gasteiger partial charge is 0 e. The van der Waals surface area contributed by atoms with Gasteiger partial charge in [-0.25, -0.2) is 4.98 Å². The molecule has 0 aliphatic rings. The molecule has 1 nitrogen and oxygen atoms in total. The van der Waals surface area contributed by atoms with Gasteiger partial charge in [0.1, 0.15) is 0 Å². The fraction of sp³-hybridized carbons (Fsp3) is 0.200. The molecule has 1 aromatic heterocycles. The number of fused-ring (bicyclic) bond motifs is 2. The van der Waals surface area contributed by atoms with Crippen LogP contribution in [-0.4, -0.2) is 4.98 Å². The second-order valence-corrected chi connectivity index (χ2v) is 4.47. The van der Waals surface area contributed by atoms with Gasteiger partial charge in [-0.15, -0.1) is 0 Å². The summed E-state index contributed by atoms with van der Waals surface area (Å²) in [7, 11) is 0. The van der Waals surface area contributed by atoms with Crippen molar-refractivity contribution in [3.05, 3.63) is 74.9 Å². The number of hydrogen-bond donors (Lipinski definition) is 0. The molecule has 0 fully saturated rings. The Bertz CT molecular complexity index is 666. The number of pyridine rings is 1. The van der Waals surface area contributed by atoms with Crippen LogP contribution in [0.3, 0.4) is 0 Å². The molecule has 0 unspecified atom stereocenters. The van der Waals surface area contributed by atoms with Crippen molar-refractivity contribution in [2.24, 2.45) is 0 Å². The Morgan fingerprint density at radius 2 is 1.22 bits per heavy atom. The summed E-state index contributed by atoms with van der Waals surface area (Å²) in [6, 6.07) is 14.8. The van der Waals surface area contributed by atoms with E-state index in [0.29, 0.717) is 0 Å². The first-order valence-corrected chi connectivity index (χ1v) is 7.22. The van der Waals surface area contributed by atoms with Gasteiger partial charge in [-0.2, -0.15) is 12.8 Å². The van der Waals surface area contributed by atoms with Crippen LogP contribution in [0.4, 0.5) is 0 Å². The number of aromatic nitrogens is 1. The van der Waals surface area contributed by atoms with E-state index in [9.17, 15) is 0 Å². The van der Waals surface area contributed by atoms with E-state index in [0.717, 1.165) is 23.9 Å². The van der Waals surface area contributed by atoms with Gasteiger partial charge in [0.05, 0.1) is 11.0 Å². The minimum absolute atomic E-state index is 0. The van der Waals surface area contributed by atoms with Crippen molar-refractivity contribution in [1.82, 2.24) is 4.98 Å². The molecule has 0 aliphatic carbocycles. The molecular formula is C20H25NRuY. The van der Waals surface area contributed by atoms with Crippen LogP contribution in [0.5, 0.6) is 0 Å². The van der Waals surface area contributed by atoms with Crippen LogP contribution >= 0.6 is 0 Å². The Balaban J connectivity index is 0. The number of rotatable bonds is 2. The first-order chi connectivity index (χ1) is 9.83. The minimum atomic E-state index is 0. The molecule has 121 valence electrons. The van der Waals surface area contributed by atoms with Gasteiger partial charge in [0.25, 0.3) is 0 Å². The standard InChI is InChI=1S/C17H15N.C2H6.CH3.Ru.Y.H/c1-3-12-7-5-9-14-11-15-10-6-8-13(4-2)17(15)18-16(12)14;1-2;;;;/h5-11H,1-4H2;1-2H3;1H3;;;/q-2;;-1;+3;;. The van der Waals surface area contributed by atoms with Crippen molar-refractivity contribution in [1.29, 1.82) is 0 Å². The summed E-state index contributed by atoms with van der Waals surface area (Å²) in [5.74, 6) is 0. The van der Waals surface area contributed by atoms with E-state index in [1.165, 1.54) is 21.9 Å². The molecule has 1 heterocycles. The molecule has 3 rings (SSSR count). The fourth-order valence-electron chi connectivity index (χ4n) is 2.41. The zero-order chi connectivity index (χ0) is 14.5. The van der Waals surface area contributed by atoms with Gasteiger partial charge >= 0.3 is 19.5 Å². The molecule has 2 aromatic carbocycles. The maximum absolute atomic E-state index is 4.84. The Morgan fingerprint density at radius 3 is 1.57 bits per heavy atom. The van der Waals surface area contributed by atoms with Crippen LogP contribution in [0.1, 0.15) is 25.0 Å². The molecule has 0 bridgehead atoms. The fourth-order valence-corrected chi connectivity index (χ4v) is 2.41. The van der Waals surface area contributed by atoms with Crippen molar-refractivity contribution in [3.8, 4) is 0 Å². The van der Waals surface area contributed by atoms with E-state index in [1.54, 1.807) is 0 Å². The molecule has 0 saturated carbocycles. The van der Waals surface area contributed by atoms with E-state index in [-0.39, 0.29) is 59.6 Å². The van der Waals surface area contributed by atoms with Gasteiger partial charge in [0.2, 0.25) is 0 Å². The summed E-state index contributed by atoms with van der Waals surface area (Å²) >= 11 is 0. The Morgan fingerprint density at radius 1 is 0.826 bits per heavy atom. The van der Waals surface area contributed by atoms with Crippen molar-refractivity contribution >= 4 is 21.8 Å². The largest absolute Gasteiger partial charge is 0 e. The number of nitrogens with zero attached hydrogens (tertiary/aromatic N) is 1. The average Bonchev–Trinajstić information content (AvgIpc) is 2.53. The SMILES string of the molecule is CC.[CH2-]Cc1cccc2cc3cccc(C[CH2-])c3nc12.[CH3-].[RuH+3].[Y]. The van der Waals surface area contributed by atoms with Crippen LogP contribution in [0.25, 0.3) is 21.8 Å². The molecule has 0 amide bonds. The average molecular weight is 469 g/mol. The first kappa shape index (κ1) is 25.1. The normalized spacial score (nSPS) is 9.04. The monoisotopic (exact) mass is 470 g/mol. The summed E-state index contributed by atoms with van der Waals surface area (Å²) in [4.78, 5) is 4.84. The molecule has 2 radical (unpaired) electrons. The predicted octanol–water partition coefficient (Wildman–Crippen LogP) is 5.34. The summed E-state index contributed by atoms with van der Waals surface area (Å²) in [6.45, 7) is 12.0. The summed E-state index contributed by atoms with van der Waals surface area (Å²) in [5, 5.41) is 2.37. The molecule has 0 spiro atoms. The van der Waals surface area contributed by atoms with Gasteiger partial charge in [-0.1, -0.05) is 61.4 Å². The first-order valence-electron chi connectivity index (χ1n) is 7.22. The molecule has 0 saturated heterocycles. The van der Waals surface area contributed by atoms with E-state index < -0.39 is 0 Å². The summed E-state index contributed by atoms with van der Waals surface area (Å²) in [6.07, 6.45) is 1.53. The zero-order valence-electron chi connectivity index (χ0n) is 14.3. The van der Waals surface area contributed by atoms with E-state index >= 15 is 0 Å². The number of hydrogen-bond acceptors (Lipinski definition) is 1. The van der Waals surface area contributed by atoms with E-state index in [2.05, 4.69) is 56.3 Å². The number of benzene rings is 2. The number of para-hydroxylation sites is 2. The topological polar surface area (TPSA) is 12.9 Å². The Kier molecular flexibility index (Phi) is 13.3. The van der Waals surface area contributed by atoms with Crippen molar-refractivity contribution in [3.63, 3.8) is 0 Å². The zero-order valence-corrected chi connectivity index (χ0v) is 19.0. The van der Waals surface area contributed by atoms with Crippen LogP contribution in [0.2, 0.25) is 0 Å². The third kappa shape index (κ3) is 5.41. The summed E-state index contributed by atoms with van der Waals surface area (Å²) < 4.78 is 0. The maximum Gasteiger partial charge on any atom is 0 e. The minimum Gasteiger partial charge on any atom is 0 e. The van der Waals surface area contributed by atoms with Gasteiger partial charge in [0, 0.05) is 43.5 Å². The van der Waals surface area contributed by atoms with E-state index in [1.807, 2.05) is 13.8 Å². The Hall–Kier alpha value is -0.163.